The van der Waals surface area contributed by atoms with E-state index in [1.165, 1.54) is 0 Å². The molecule has 0 aliphatic rings. The number of aromatic amines is 1. The van der Waals surface area contributed by atoms with Crippen LogP contribution in [0.2, 0.25) is 0 Å². The van der Waals surface area contributed by atoms with E-state index in [-0.39, 0.29) is 5.57 Å². The lowest BCUT2D eigenvalue weighted by Crippen LogP contribution is -1.88. The largest absolute Gasteiger partial charge is 0.360 e. The zero-order valence-corrected chi connectivity index (χ0v) is 11.0. The highest BCUT2D eigenvalue weighted by Crippen LogP contribution is 2.34. The SMILES string of the molecule is Cc1cccc2c(C(=C(F)F)c3ccccc3)c[nH]c12. The molecule has 0 aliphatic heterocycles. The van der Waals surface area contributed by atoms with Crippen LogP contribution in [0, 0.1) is 6.92 Å². The summed E-state index contributed by atoms with van der Waals surface area (Å²) in [6.07, 6.45) is -0.0160. The van der Waals surface area contributed by atoms with Crippen molar-refractivity contribution in [3.8, 4) is 0 Å². The van der Waals surface area contributed by atoms with Crippen LogP contribution in [0.4, 0.5) is 8.78 Å². The second kappa shape index (κ2) is 4.93. The van der Waals surface area contributed by atoms with Gasteiger partial charge in [-0.1, -0.05) is 48.5 Å². The van der Waals surface area contributed by atoms with Crippen molar-refractivity contribution >= 4 is 16.5 Å². The van der Waals surface area contributed by atoms with Crippen molar-refractivity contribution in [1.29, 1.82) is 0 Å². The lowest BCUT2D eigenvalue weighted by molar-refractivity contribution is 0.426. The van der Waals surface area contributed by atoms with Gasteiger partial charge in [-0.3, -0.25) is 0 Å². The Kier molecular flexibility index (Phi) is 3.11. The van der Waals surface area contributed by atoms with Gasteiger partial charge in [0.2, 0.25) is 0 Å². The fourth-order valence-electron chi connectivity index (χ4n) is 2.48. The Hall–Kier alpha value is -2.42. The van der Waals surface area contributed by atoms with Gasteiger partial charge in [-0.2, -0.15) is 8.78 Å². The van der Waals surface area contributed by atoms with Crippen LogP contribution in [0.25, 0.3) is 16.5 Å². The molecule has 100 valence electrons. The number of fused-ring (bicyclic) bond motifs is 1. The zero-order chi connectivity index (χ0) is 14.1. The molecule has 1 heterocycles. The van der Waals surface area contributed by atoms with Crippen molar-refractivity contribution in [2.45, 2.75) is 6.92 Å². The van der Waals surface area contributed by atoms with Crippen molar-refractivity contribution in [1.82, 2.24) is 4.98 Å². The number of benzene rings is 2. The minimum absolute atomic E-state index is 0.0116. The molecule has 0 radical (unpaired) electrons. The summed E-state index contributed by atoms with van der Waals surface area (Å²) in [6.45, 7) is 1.96. The summed E-state index contributed by atoms with van der Waals surface area (Å²) in [6, 6.07) is 14.4. The van der Waals surface area contributed by atoms with Crippen LogP contribution in [-0.2, 0) is 0 Å². The van der Waals surface area contributed by atoms with E-state index in [1.807, 2.05) is 31.2 Å². The Labute approximate surface area is 115 Å². The van der Waals surface area contributed by atoms with Crippen LogP contribution in [0.15, 0.2) is 60.8 Å². The molecule has 3 heteroatoms. The number of nitrogens with one attached hydrogen (secondary N) is 1. The van der Waals surface area contributed by atoms with E-state index in [4.69, 9.17) is 0 Å². The van der Waals surface area contributed by atoms with Crippen molar-refractivity contribution in [3.05, 3.63) is 77.5 Å². The second-order valence-corrected chi connectivity index (χ2v) is 4.70. The Morgan fingerprint density at radius 3 is 2.40 bits per heavy atom. The lowest BCUT2D eigenvalue weighted by atomic mass is 9.98. The van der Waals surface area contributed by atoms with Crippen LogP contribution in [0.1, 0.15) is 16.7 Å². The van der Waals surface area contributed by atoms with Gasteiger partial charge in [-0.05, 0) is 18.1 Å². The number of hydrogen-bond donors (Lipinski definition) is 1. The Bertz CT molecular complexity index is 781. The summed E-state index contributed by atoms with van der Waals surface area (Å²) < 4.78 is 26.9. The molecule has 1 aromatic heterocycles. The summed E-state index contributed by atoms with van der Waals surface area (Å²) >= 11 is 0. The van der Waals surface area contributed by atoms with Crippen LogP contribution >= 0.6 is 0 Å². The number of halogens is 2. The Balaban J connectivity index is 2.28. The topological polar surface area (TPSA) is 15.8 Å². The molecule has 1 nitrogen and oxygen atoms in total. The normalized spacial score (nSPS) is 10.8. The fraction of sp³-hybridized carbons (Fsp3) is 0.0588. The van der Waals surface area contributed by atoms with Gasteiger partial charge in [-0.15, -0.1) is 0 Å². The molecule has 3 rings (SSSR count). The molecule has 1 N–H and O–H groups in total. The van der Waals surface area contributed by atoms with Crippen molar-refractivity contribution in [2.24, 2.45) is 0 Å². The molecule has 0 unspecified atom stereocenters. The third kappa shape index (κ3) is 2.01. The molecule has 0 spiro atoms. The van der Waals surface area contributed by atoms with E-state index in [1.54, 1.807) is 30.5 Å². The highest BCUT2D eigenvalue weighted by Gasteiger charge is 2.16. The lowest BCUT2D eigenvalue weighted by Gasteiger charge is -2.06. The number of para-hydroxylation sites is 1. The number of aromatic nitrogens is 1. The van der Waals surface area contributed by atoms with Gasteiger partial charge >= 0.3 is 0 Å². The number of rotatable bonds is 2. The summed E-state index contributed by atoms with van der Waals surface area (Å²) in [5.41, 5.74) is 2.99. The fourth-order valence-corrected chi connectivity index (χ4v) is 2.48. The van der Waals surface area contributed by atoms with E-state index >= 15 is 0 Å². The molecule has 0 aliphatic carbocycles. The zero-order valence-electron chi connectivity index (χ0n) is 11.0. The number of H-pyrrole nitrogens is 1. The van der Waals surface area contributed by atoms with Crippen LogP contribution in [0.5, 0.6) is 0 Å². The molecular weight excluding hydrogens is 256 g/mol. The van der Waals surface area contributed by atoms with E-state index in [0.29, 0.717) is 11.1 Å². The predicted molar refractivity (Wildman–Crippen MR) is 77.7 cm³/mol. The van der Waals surface area contributed by atoms with Gasteiger partial charge in [0.05, 0.1) is 5.57 Å². The molecule has 0 fully saturated rings. The van der Waals surface area contributed by atoms with Crippen LogP contribution in [0.3, 0.4) is 0 Å². The first-order valence-corrected chi connectivity index (χ1v) is 6.36. The predicted octanol–water partition coefficient (Wildman–Crippen LogP) is 5.13. The first-order valence-electron chi connectivity index (χ1n) is 6.36. The van der Waals surface area contributed by atoms with Crippen molar-refractivity contribution in [3.63, 3.8) is 0 Å². The van der Waals surface area contributed by atoms with E-state index in [9.17, 15) is 8.78 Å². The van der Waals surface area contributed by atoms with E-state index < -0.39 is 6.08 Å². The maximum atomic E-state index is 13.4. The van der Waals surface area contributed by atoms with Crippen molar-refractivity contribution < 1.29 is 8.78 Å². The molecule has 0 saturated carbocycles. The molecular formula is C17H13F2N. The maximum absolute atomic E-state index is 13.4. The average Bonchev–Trinajstić information content (AvgIpc) is 2.85. The highest BCUT2D eigenvalue weighted by atomic mass is 19.3. The van der Waals surface area contributed by atoms with Crippen molar-refractivity contribution in [2.75, 3.05) is 0 Å². The molecule has 0 atom stereocenters. The van der Waals surface area contributed by atoms with Gasteiger partial charge < -0.3 is 4.98 Å². The van der Waals surface area contributed by atoms with Gasteiger partial charge in [-0.25, -0.2) is 0 Å². The van der Waals surface area contributed by atoms with E-state index in [0.717, 1.165) is 16.5 Å². The van der Waals surface area contributed by atoms with Crippen LogP contribution in [-0.4, -0.2) is 4.98 Å². The van der Waals surface area contributed by atoms with Gasteiger partial charge in [0.1, 0.15) is 0 Å². The van der Waals surface area contributed by atoms with Gasteiger partial charge in [0.25, 0.3) is 6.08 Å². The summed E-state index contributed by atoms with van der Waals surface area (Å²) in [7, 11) is 0. The standard InChI is InChI=1S/C17H13F2N/c1-11-6-5-9-13-14(10-20-16(11)13)15(17(18)19)12-7-3-2-4-8-12/h2-10,20H,1H3. The Morgan fingerprint density at radius 2 is 1.70 bits per heavy atom. The molecule has 0 bridgehead atoms. The summed E-state index contributed by atoms with van der Waals surface area (Å²) in [5, 5.41) is 0.816. The summed E-state index contributed by atoms with van der Waals surface area (Å²) in [5.74, 6) is 0. The third-order valence-corrected chi connectivity index (χ3v) is 3.44. The number of aryl methyl sites for hydroxylation is 1. The minimum Gasteiger partial charge on any atom is -0.360 e. The first-order chi connectivity index (χ1) is 9.68. The van der Waals surface area contributed by atoms with Crippen LogP contribution < -0.4 is 0 Å². The summed E-state index contributed by atoms with van der Waals surface area (Å²) in [4.78, 5) is 3.09. The minimum atomic E-state index is -1.67. The Morgan fingerprint density at radius 1 is 0.950 bits per heavy atom. The second-order valence-electron chi connectivity index (χ2n) is 4.70. The average molecular weight is 269 g/mol. The highest BCUT2D eigenvalue weighted by molar-refractivity contribution is 5.98. The molecule has 20 heavy (non-hydrogen) atoms. The quantitative estimate of drug-likeness (QED) is 0.663. The third-order valence-electron chi connectivity index (χ3n) is 3.44. The number of hydrogen-bond acceptors (Lipinski definition) is 0. The van der Waals surface area contributed by atoms with E-state index in [2.05, 4.69) is 4.98 Å². The molecule has 3 aromatic rings. The van der Waals surface area contributed by atoms with Gasteiger partial charge in [0.15, 0.2) is 0 Å². The maximum Gasteiger partial charge on any atom is 0.278 e. The first kappa shape index (κ1) is 12.6. The monoisotopic (exact) mass is 269 g/mol. The molecule has 0 amide bonds. The smallest absolute Gasteiger partial charge is 0.278 e. The van der Waals surface area contributed by atoms with Gasteiger partial charge in [0, 0.05) is 22.7 Å². The molecule has 0 saturated heterocycles. The molecule has 2 aromatic carbocycles.